The summed E-state index contributed by atoms with van der Waals surface area (Å²) < 4.78 is 0. The van der Waals surface area contributed by atoms with Gasteiger partial charge in [0, 0.05) is 11.1 Å². The van der Waals surface area contributed by atoms with Gasteiger partial charge in [-0.2, -0.15) is 0 Å². The van der Waals surface area contributed by atoms with Gasteiger partial charge in [0.25, 0.3) is 0 Å². The molecule has 2 aromatic carbocycles. The number of hydrogen-bond donors (Lipinski definition) is 0. The van der Waals surface area contributed by atoms with Gasteiger partial charge >= 0.3 is 0 Å². The van der Waals surface area contributed by atoms with Crippen molar-refractivity contribution in [2.24, 2.45) is 35.5 Å². The third-order valence-corrected chi connectivity index (χ3v) is 14.4. The van der Waals surface area contributed by atoms with E-state index >= 15 is 0 Å². The molecule has 0 radical (unpaired) electrons. The van der Waals surface area contributed by atoms with E-state index in [2.05, 4.69) is 112 Å². The lowest BCUT2D eigenvalue weighted by molar-refractivity contribution is 0.186. The third-order valence-electron chi connectivity index (χ3n) is 14.4. The van der Waals surface area contributed by atoms with Gasteiger partial charge in [-0.1, -0.05) is 184 Å². The second-order valence-corrected chi connectivity index (χ2v) is 18.8. The molecule has 57 heavy (non-hydrogen) atoms. The van der Waals surface area contributed by atoms with E-state index in [0.717, 1.165) is 46.6 Å². The van der Waals surface area contributed by atoms with Crippen LogP contribution in [0.25, 0.3) is 0 Å². The maximum atomic E-state index is 3.46. The fraction of sp³-hybridized carbons (Fsp3) is 0.649. The Balaban J connectivity index is 0.000000218. The Morgan fingerprint density at radius 1 is 0.404 bits per heavy atom. The van der Waals surface area contributed by atoms with Crippen LogP contribution < -0.4 is 0 Å². The minimum absolute atomic E-state index is 0.926. The molecular weight excluding hydrogens is 685 g/mol. The Kier molecular flexibility index (Phi) is 20.7. The van der Waals surface area contributed by atoms with Crippen LogP contribution in [0.5, 0.6) is 0 Å². The fourth-order valence-electron chi connectivity index (χ4n) is 10.6. The zero-order chi connectivity index (χ0) is 39.9. The normalized spacial score (nSPS) is 24.7. The largest absolute Gasteiger partial charge is 0.0726 e. The molecule has 310 valence electrons. The molecule has 4 aliphatic carbocycles. The minimum atomic E-state index is 0.926. The van der Waals surface area contributed by atoms with Crippen LogP contribution in [0, 0.1) is 59.2 Å². The highest BCUT2D eigenvalue weighted by atomic mass is 14.3. The molecule has 6 rings (SSSR count). The summed E-state index contributed by atoms with van der Waals surface area (Å²) in [5.41, 5.74) is 7.92. The summed E-state index contributed by atoms with van der Waals surface area (Å²) in [6, 6.07) is 17.7. The number of allylic oxidation sites excluding steroid dienone is 4. The molecule has 0 aromatic heterocycles. The van der Waals surface area contributed by atoms with Gasteiger partial charge in [-0.3, -0.25) is 0 Å². The van der Waals surface area contributed by atoms with Crippen molar-refractivity contribution < 1.29 is 0 Å². The maximum absolute atomic E-state index is 3.46. The molecule has 2 aromatic rings. The second kappa shape index (κ2) is 26.2. The topological polar surface area (TPSA) is 0 Å². The van der Waals surface area contributed by atoms with E-state index in [-0.39, 0.29) is 0 Å². The summed E-state index contributed by atoms with van der Waals surface area (Å²) in [5, 5.41) is 0. The maximum Gasteiger partial charge on any atom is 0.0249 e. The molecule has 2 unspecified atom stereocenters. The van der Waals surface area contributed by atoms with Crippen LogP contribution in [0.4, 0.5) is 0 Å². The number of unbranched alkanes of at least 4 members (excludes halogenated alkanes) is 5. The predicted octanol–water partition coefficient (Wildman–Crippen LogP) is 16.6. The average molecular weight is 767 g/mol. The van der Waals surface area contributed by atoms with Crippen LogP contribution in [-0.2, 0) is 12.8 Å². The smallest absolute Gasteiger partial charge is 0.0249 e. The minimum Gasteiger partial charge on any atom is -0.0726 e. The molecule has 0 saturated heterocycles. The van der Waals surface area contributed by atoms with Crippen LogP contribution in [0.1, 0.15) is 210 Å². The lowest BCUT2D eigenvalue weighted by Gasteiger charge is -2.35. The van der Waals surface area contributed by atoms with Gasteiger partial charge in [-0.15, -0.1) is 0 Å². The predicted molar refractivity (Wildman–Crippen MR) is 249 cm³/mol. The van der Waals surface area contributed by atoms with Gasteiger partial charge in [0.15, 0.2) is 0 Å². The molecule has 0 aliphatic heterocycles. The lowest BCUT2D eigenvalue weighted by Crippen LogP contribution is -2.23. The molecule has 2 atom stereocenters. The molecule has 0 heteroatoms. The number of aryl methyl sites for hydroxylation is 2. The first-order valence-corrected chi connectivity index (χ1v) is 24.7. The zero-order valence-electron chi connectivity index (χ0n) is 37.3. The molecule has 4 aliphatic rings. The molecule has 2 saturated carbocycles. The lowest BCUT2D eigenvalue weighted by atomic mass is 9.70. The number of hydrogen-bond acceptors (Lipinski definition) is 0. The van der Waals surface area contributed by atoms with Crippen molar-refractivity contribution in [1.82, 2.24) is 0 Å². The van der Waals surface area contributed by atoms with Crippen LogP contribution >= 0.6 is 0 Å². The van der Waals surface area contributed by atoms with Crippen molar-refractivity contribution in [1.29, 1.82) is 0 Å². The van der Waals surface area contributed by atoms with E-state index in [1.54, 1.807) is 0 Å². The summed E-state index contributed by atoms with van der Waals surface area (Å²) in [6.07, 6.45) is 42.2. The van der Waals surface area contributed by atoms with Crippen molar-refractivity contribution in [3.63, 3.8) is 0 Å². The molecule has 0 bridgehead atoms. The Hall–Kier alpha value is -2.96. The Morgan fingerprint density at radius 2 is 0.807 bits per heavy atom. The monoisotopic (exact) mass is 767 g/mol. The molecular formula is C57H82. The van der Waals surface area contributed by atoms with Crippen LogP contribution in [0.15, 0.2) is 71.8 Å². The average Bonchev–Trinajstić information content (AvgIpc) is 3.26. The SMILES string of the molecule is CCCCCC1CCC(C2CC=C(C#Cc3ccc(CCC)cc3)CC2)CC1.CCCCCCC1CCC(C2CC=C(C#Cc3ccc(CCC)cc3)CC2)CC1. The first-order chi connectivity index (χ1) is 28.1. The summed E-state index contributed by atoms with van der Waals surface area (Å²) in [7, 11) is 0. The molecule has 0 heterocycles. The van der Waals surface area contributed by atoms with Gasteiger partial charge in [0.1, 0.15) is 0 Å². The zero-order valence-corrected chi connectivity index (χ0v) is 37.3. The first kappa shape index (κ1) is 45.1. The number of rotatable bonds is 15. The van der Waals surface area contributed by atoms with E-state index in [1.807, 2.05) is 0 Å². The highest BCUT2D eigenvalue weighted by Crippen LogP contribution is 2.42. The van der Waals surface area contributed by atoms with E-state index in [0.29, 0.717) is 0 Å². The van der Waals surface area contributed by atoms with E-state index in [1.165, 1.54) is 196 Å². The van der Waals surface area contributed by atoms with Crippen LogP contribution in [0.2, 0.25) is 0 Å². The van der Waals surface area contributed by atoms with E-state index < -0.39 is 0 Å². The van der Waals surface area contributed by atoms with E-state index in [4.69, 9.17) is 0 Å². The summed E-state index contributed by atoms with van der Waals surface area (Å²) in [4.78, 5) is 0. The Bertz CT molecular complexity index is 1580. The quantitative estimate of drug-likeness (QED) is 0.125. The third kappa shape index (κ3) is 16.3. The van der Waals surface area contributed by atoms with Gasteiger partial charge in [-0.25, -0.2) is 0 Å². The highest BCUT2D eigenvalue weighted by molar-refractivity contribution is 5.43. The number of benzene rings is 2. The van der Waals surface area contributed by atoms with E-state index in [9.17, 15) is 0 Å². The van der Waals surface area contributed by atoms with Crippen LogP contribution in [0.3, 0.4) is 0 Å². The van der Waals surface area contributed by atoms with Gasteiger partial charge in [-0.05, 0) is 159 Å². The van der Waals surface area contributed by atoms with Crippen molar-refractivity contribution in [2.75, 3.05) is 0 Å². The molecule has 0 N–H and O–H groups in total. The summed E-state index contributed by atoms with van der Waals surface area (Å²) in [6.45, 7) is 9.09. The van der Waals surface area contributed by atoms with Crippen molar-refractivity contribution in [3.05, 3.63) is 94.1 Å². The Morgan fingerprint density at radius 3 is 1.18 bits per heavy atom. The van der Waals surface area contributed by atoms with Gasteiger partial charge in [0.05, 0.1) is 0 Å². The van der Waals surface area contributed by atoms with Gasteiger partial charge < -0.3 is 0 Å². The molecule has 2 fully saturated rings. The molecule has 0 nitrogen and oxygen atoms in total. The van der Waals surface area contributed by atoms with Crippen molar-refractivity contribution >= 4 is 0 Å². The molecule has 0 spiro atoms. The summed E-state index contributed by atoms with van der Waals surface area (Å²) in [5.74, 6) is 19.6. The van der Waals surface area contributed by atoms with Crippen molar-refractivity contribution in [2.45, 2.75) is 201 Å². The Labute approximate surface area is 353 Å². The fourth-order valence-corrected chi connectivity index (χ4v) is 10.6. The molecule has 0 amide bonds. The summed E-state index contributed by atoms with van der Waals surface area (Å²) >= 11 is 0. The second-order valence-electron chi connectivity index (χ2n) is 18.8. The van der Waals surface area contributed by atoms with Crippen LogP contribution in [-0.4, -0.2) is 0 Å². The first-order valence-electron chi connectivity index (χ1n) is 24.7. The highest BCUT2D eigenvalue weighted by Gasteiger charge is 2.29. The van der Waals surface area contributed by atoms with Gasteiger partial charge in [0.2, 0.25) is 0 Å². The van der Waals surface area contributed by atoms with Crippen molar-refractivity contribution in [3.8, 4) is 23.7 Å². The standard InChI is InChI=1S/C29H42.C28H40/c1-3-5-6-7-9-25-16-20-28(21-17-25)29-22-18-27(19-23-29)15-14-26-12-10-24(8-4-2)11-13-26;1-3-5-6-8-24-15-19-27(20-16-24)28-21-17-26(18-22-28)14-13-25-11-9-23(7-4-2)10-12-25/h10-13,18,25,28-29H,3-9,16-17,19-23H2,1-2H3;9-12,17,24,27-28H,3-8,15-16,18-22H2,1-2H3.